The van der Waals surface area contributed by atoms with Crippen LogP contribution in [0.25, 0.3) is 0 Å². The molecule has 1 rings (SSSR count). The fraction of sp³-hybridized carbons (Fsp3) is 1.00. The lowest BCUT2D eigenvalue weighted by Gasteiger charge is -2.17. The van der Waals surface area contributed by atoms with Crippen molar-refractivity contribution in [1.82, 2.24) is 14.3 Å². The largest absolute Gasteiger partial charge is 0.317 e. The van der Waals surface area contributed by atoms with Gasteiger partial charge in [-0.2, -0.15) is 17.4 Å². The SMILES string of the molecule is CCCC1CC1NS(=O)(=O)N(C)CCCNCC. The van der Waals surface area contributed by atoms with Crippen LogP contribution in [0.4, 0.5) is 0 Å². The van der Waals surface area contributed by atoms with E-state index in [0.717, 1.165) is 38.8 Å². The van der Waals surface area contributed by atoms with E-state index in [4.69, 9.17) is 0 Å². The third-order valence-corrected chi connectivity index (χ3v) is 4.97. The van der Waals surface area contributed by atoms with Crippen LogP contribution in [0.3, 0.4) is 0 Å². The third kappa shape index (κ3) is 5.22. The van der Waals surface area contributed by atoms with Gasteiger partial charge in [-0.25, -0.2) is 0 Å². The lowest BCUT2D eigenvalue weighted by Crippen LogP contribution is -2.40. The highest BCUT2D eigenvalue weighted by Gasteiger charge is 2.39. The molecule has 6 heteroatoms. The van der Waals surface area contributed by atoms with Crippen LogP contribution in [-0.4, -0.2) is 45.4 Å². The summed E-state index contributed by atoms with van der Waals surface area (Å²) >= 11 is 0. The maximum Gasteiger partial charge on any atom is 0.279 e. The van der Waals surface area contributed by atoms with Crippen LogP contribution in [0.2, 0.25) is 0 Å². The van der Waals surface area contributed by atoms with Crippen LogP contribution in [0, 0.1) is 5.92 Å². The van der Waals surface area contributed by atoms with Crippen LogP contribution in [-0.2, 0) is 10.2 Å². The van der Waals surface area contributed by atoms with E-state index in [1.807, 2.05) is 6.92 Å². The molecule has 2 N–H and O–H groups in total. The molecule has 0 saturated heterocycles. The second kappa shape index (κ2) is 7.43. The molecule has 0 amide bonds. The van der Waals surface area contributed by atoms with Gasteiger partial charge in [-0.05, 0) is 38.3 Å². The van der Waals surface area contributed by atoms with Crippen molar-refractivity contribution in [3.63, 3.8) is 0 Å². The molecule has 0 aliphatic heterocycles. The lowest BCUT2D eigenvalue weighted by molar-refractivity contribution is 0.443. The zero-order chi connectivity index (χ0) is 13.6. The summed E-state index contributed by atoms with van der Waals surface area (Å²) < 4.78 is 28.2. The molecule has 1 aliphatic carbocycles. The molecule has 0 aromatic heterocycles. The molecule has 18 heavy (non-hydrogen) atoms. The fourth-order valence-electron chi connectivity index (χ4n) is 2.09. The smallest absolute Gasteiger partial charge is 0.279 e. The Bertz CT molecular complexity index is 332. The summed E-state index contributed by atoms with van der Waals surface area (Å²) in [5, 5.41) is 3.19. The lowest BCUT2D eigenvalue weighted by atomic mass is 10.2. The van der Waals surface area contributed by atoms with Crippen molar-refractivity contribution in [2.75, 3.05) is 26.7 Å². The highest BCUT2D eigenvalue weighted by Crippen LogP contribution is 2.35. The first-order valence-electron chi connectivity index (χ1n) is 6.95. The number of nitrogens with zero attached hydrogens (tertiary/aromatic N) is 1. The van der Waals surface area contributed by atoms with Crippen molar-refractivity contribution in [2.45, 2.75) is 45.6 Å². The Morgan fingerprint density at radius 2 is 2.06 bits per heavy atom. The Morgan fingerprint density at radius 1 is 1.33 bits per heavy atom. The van der Waals surface area contributed by atoms with E-state index in [2.05, 4.69) is 17.0 Å². The summed E-state index contributed by atoms with van der Waals surface area (Å²) in [5.41, 5.74) is 0. The molecule has 2 atom stereocenters. The fourth-order valence-corrected chi connectivity index (χ4v) is 3.31. The average molecular weight is 277 g/mol. The number of hydrogen-bond acceptors (Lipinski definition) is 3. The standard InChI is InChI=1S/C12H27N3O2S/c1-4-7-11-10-12(11)14-18(16,17)15(3)9-6-8-13-5-2/h11-14H,4-10H2,1-3H3. The van der Waals surface area contributed by atoms with Crippen molar-refractivity contribution >= 4 is 10.2 Å². The van der Waals surface area contributed by atoms with Crippen LogP contribution < -0.4 is 10.0 Å². The Hall–Kier alpha value is -0.170. The molecule has 5 nitrogen and oxygen atoms in total. The summed E-state index contributed by atoms with van der Waals surface area (Å²) in [6.07, 6.45) is 4.09. The van der Waals surface area contributed by atoms with Gasteiger partial charge in [-0.1, -0.05) is 20.3 Å². The molecule has 1 aliphatic rings. The van der Waals surface area contributed by atoms with E-state index in [-0.39, 0.29) is 6.04 Å². The van der Waals surface area contributed by atoms with Crippen LogP contribution in [0.1, 0.15) is 39.5 Å². The van der Waals surface area contributed by atoms with Gasteiger partial charge in [-0.15, -0.1) is 0 Å². The predicted molar refractivity (Wildman–Crippen MR) is 74.6 cm³/mol. The Labute approximate surface area is 112 Å². The van der Waals surface area contributed by atoms with Gasteiger partial charge in [0.2, 0.25) is 0 Å². The molecular formula is C12H27N3O2S. The van der Waals surface area contributed by atoms with E-state index >= 15 is 0 Å². The normalized spacial score (nSPS) is 23.6. The molecule has 2 unspecified atom stereocenters. The van der Waals surface area contributed by atoms with Crippen molar-refractivity contribution in [3.8, 4) is 0 Å². The monoisotopic (exact) mass is 277 g/mol. The Kier molecular flexibility index (Phi) is 6.55. The Balaban J connectivity index is 2.25. The van der Waals surface area contributed by atoms with E-state index in [9.17, 15) is 8.42 Å². The molecular weight excluding hydrogens is 250 g/mol. The Morgan fingerprint density at radius 3 is 2.67 bits per heavy atom. The van der Waals surface area contributed by atoms with Gasteiger partial charge in [0, 0.05) is 19.6 Å². The summed E-state index contributed by atoms with van der Waals surface area (Å²) in [6, 6.07) is 0.172. The van der Waals surface area contributed by atoms with Gasteiger partial charge in [0.25, 0.3) is 10.2 Å². The van der Waals surface area contributed by atoms with Crippen molar-refractivity contribution in [1.29, 1.82) is 0 Å². The second-order valence-corrected chi connectivity index (χ2v) is 6.85. The minimum atomic E-state index is -3.28. The molecule has 1 fully saturated rings. The molecule has 108 valence electrons. The van der Waals surface area contributed by atoms with E-state index in [1.165, 1.54) is 4.31 Å². The summed E-state index contributed by atoms with van der Waals surface area (Å²) in [7, 11) is -1.64. The first-order chi connectivity index (χ1) is 8.51. The van der Waals surface area contributed by atoms with E-state index in [1.54, 1.807) is 7.05 Å². The molecule has 0 aromatic carbocycles. The summed E-state index contributed by atoms with van der Waals surface area (Å²) in [5.74, 6) is 0.555. The molecule has 0 bridgehead atoms. The highest BCUT2D eigenvalue weighted by molar-refractivity contribution is 7.87. The maximum atomic E-state index is 12.0. The average Bonchev–Trinajstić information content (AvgIpc) is 3.02. The zero-order valence-corrected chi connectivity index (χ0v) is 12.6. The maximum absolute atomic E-state index is 12.0. The van der Waals surface area contributed by atoms with Gasteiger partial charge in [-0.3, -0.25) is 0 Å². The first kappa shape index (κ1) is 15.9. The number of hydrogen-bond donors (Lipinski definition) is 2. The van der Waals surface area contributed by atoms with E-state index < -0.39 is 10.2 Å². The van der Waals surface area contributed by atoms with Crippen LogP contribution in [0.15, 0.2) is 0 Å². The van der Waals surface area contributed by atoms with Gasteiger partial charge in [0.1, 0.15) is 0 Å². The van der Waals surface area contributed by atoms with Gasteiger partial charge >= 0.3 is 0 Å². The summed E-state index contributed by atoms with van der Waals surface area (Å²) in [4.78, 5) is 0. The van der Waals surface area contributed by atoms with Crippen molar-refractivity contribution < 1.29 is 8.42 Å². The quantitative estimate of drug-likeness (QED) is 0.584. The molecule has 0 spiro atoms. The first-order valence-corrected chi connectivity index (χ1v) is 8.39. The minimum absolute atomic E-state index is 0.172. The predicted octanol–water partition coefficient (Wildman–Crippen LogP) is 0.941. The molecule has 0 heterocycles. The topological polar surface area (TPSA) is 61.4 Å². The molecule has 0 aromatic rings. The number of nitrogens with one attached hydrogen (secondary N) is 2. The summed E-state index contributed by atoms with van der Waals surface area (Å²) in [6.45, 7) is 6.53. The van der Waals surface area contributed by atoms with Gasteiger partial charge < -0.3 is 5.32 Å². The van der Waals surface area contributed by atoms with Gasteiger partial charge in [0.15, 0.2) is 0 Å². The molecule has 0 radical (unpaired) electrons. The zero-order valence-electron chi connectivity index (χ0n) is 11.8. The van der Waals surface area contributed by atoms with Crippen molar-refractivity contribution in [2.24, 2.45) is 5.92 Å². The molecule has 1 saturated carbocycles. The number of rotatable bonds is 10. The van der Waals surface area contributed by atoms with Crippen LogP contribution >= 0.6 is 0 Å². The van der Waals surface area contributed by atoms with E-state index in [0.29, 0.717) is 12.5 Å². The third-order valence-electron chi connectivity index (χ3n) is 3.37. The van der Waals surface area contributed by atoms with Gasteiger partial charge in [0.05, 0.1) is 0 Å². The minimum Gasteiger partial charge on any atom is -0.317 e. The highest BCUT2D eigenvalue weighted by atomic mass is 32.2. The second-order valence-electron chi connectivity index (χ2n) is 5.04. The van der Waals surface area contributed by atoms with Crippen LogP contribution in [0.5, 0.6) is 0 Å². The van der Waals surface area contributed by atoms with Crippen molar-refractivity contribution in [3.05, 3.63) is 0 Å².